The van der Waals surface area contributed by atoms with Crippen molar-refractivity contribution in [1.29, 1.82) is 0 Å². The first-order valence-corrected chi connectivity index (χ1v) is 7.85. The van der Waals surface area contributed by atoms with E-state index in [0.29, 0.717) is 18.2 Å². The summed E-state index contributed by atoms with van der Waals surface area (Å²) in [6.07, 6.45) is 2.24. The maximum Gasteiger partial charge on any atom is 0.169 e. The van der Waals surface area contributed by atoms with Crippen LogP contribution in [0.25, 0.3) is 10.2 Å². The molecule has 5 heteroatoms. The van der Waals surface area contributed by atoms with Gasteiger partial charge in [-0.15, -0.1) is 11.3 Å². The van der Waals surface area contributed by atoms with E-state index in [1.165, 1.54) is 5.56 Å². The molecule has 1 aromatic carbocycles. The molecule has 0 radical (unpaired) electrons. The van der Waals surface area contributed by atoms with Crippen LogP contribution in [0.4, 0.5) is 5.82 Å². The van der Waals surface area contributed by atoms with Gasteiger partial charge in [0.15, 0.2) is 5.82 Å². The number of nitrogens with zero attached hydrogens (tertiary/aromatic N) is 2. The monoisotopic (exact) mass is 299 g/mol. The lowest BCUT2D eigenvalue weighted by Gasteiger charge is -2.07. The molecule has 0 aliphatic carbocycles. The standard InChI is InChI=1S/C16H17N3OS/c1-2-3-11-4-6-12(7-5-11)20-10-14-18-15(17)13-8-9-21-16(13)19-14/h4-9H,2-3,10H2,1H3,(H2,17,18,19). The Morgan fingerprint density at radius 3 is 2.71 bits per heavy atom. The van der Waals surface area contributed by atoms with Gasteiger partial charge in [-0.1, -0.05) is 25.5 Å². The van der Waals surface area contributed by atoms with Crippen molar-refractivity contribution < 1.29 is 4.74 Å². The molecular formula is C16H17N3OS. The second-order valence-electron chi connectivity index (χ2n) is 4.85. The van der Waals surface area contributed by atoms with Gasteiger partial charge in [0, 0.05) is 0 Å². The summed E-state index contributed by atoms with van der Waals surface area (Å²) in [6.45, 7) is 2.50. The van der Waals surface area contributed by atoms with E-state index in [-0.39, 0.29) is 0 Å². The molecule has 21 heavy (non-hydrogen) atoms. The minimum absolute atomic E-state index is 0.325. The average Bonchev–Trinajstić information content (AvgIpc) is 2.96. The van der Waals surface area contributed by atoms with Gasteiger partial charge in [0.05, 0.1) is 5.39 Å². The maximum absolute atomic E-state index is 5.92. The van der Waals surface area contributed by atoms with E-state index < -0.39 is 0 Å². The molecule has 2 N–H and O–H groups in total. The van der Waals surface area contributed by atoms with Crippen molar-refractivity contribution >= 4 is 27.4 Å². The molecule has 108 valence electrons. The maximum atomic E-state index is 5.92. The number of anilines is 1. The highest BCUT2D eigenvalue weighted by Gasteiger charge is 2.07. The summed E-state index contributed by atoms with van der Waals surface area (Å²) >= 11 is 1.56. The molecule has 0 aliphatic rings. The Morgan fingerprint density at radius 1 is 1.14 bits per heavy atom. The molecule has 2 aromatic heterocycles. The Kier molecular flexibility index (Phi) is 4.01. The number of ether oxygens (including phenoxy) is 1. The minimum atomic E-state index is 0.325. The van der Waals surface area contributed by atoms with Gasteiger partial charge >= 0.3 is 0 Å². The number of hydrogen-bond acceptors (Lipinski definition) is 5. The zero-order chi connectivity index (χ0) is 14.7. The van der Waals surface area contributed by atoms with E-state index in [0.717, 1.165) is 28.8 Å². The summed E-state index contributed by atoms with van der Waals surface area (Å²) in [4.78, 5) is 9.65. The molecule has 4 nitrogen and oxygen atoms in total. The Balaban J connectivity index is 1.70. The zero-order valence-electron chi connectivity index (χ0n) is 11.9. The van der Waals surface area contributed by atoms with Crippen LogP contribution in [-0.2, 0) is 13.0 Å². The van der Waals surface area contributed by atoms with Crippen LogP contribution < -0.4 is 10.5 Å². The molecule has 2 heterocycles. The molecule has 0 spiro atoms. The summed E-state index contributed by atoms with van der Waals surface area (Å²) < 4.78 is 5.73. The fourth-order valence-corrected chi connectivity index (χ4v) is 2.97. The first-order chi connectivity index (χ1) is 10.3. The third-order valence-corrected chi connectivity index (χ3v) is 4.04. The van der Waals surface area contributed by atoms with Gasteiger partial charge in [-0.2, -0.15) is 0 Å². The molecule has 0 saturated carbocycles. The quantitative estimate of drug-likeness (QED) is 0.778. The Hall–Kier alpha value is -2.14. The first kappa shape index (κ1) is 13.8. The van der Waals surface area contributed by atoms with E-state index in [9.17, 15) is 0 Å². The van der Waals surface area contributed by atoms with Gasteiger partial charge in [-0.3, -0.25) is 0 Å². The lowest BCUT2D eigenvalue weighted by atomic mass is 10.1. The van der Waals surface area contributed by atoms with Crippen molar-refractivity contribution in [2.45, 2.75) is 26.4 Å². The molecule has 0 atom stereocenters. The van der Waals surface area contributed by atoms with Gasteiger partial charge in [-0.05, 0) is 35.6 Å². The van der Waals surface area contributed by atoms with E-state index >= 15 is 0 Å². The van der Waals surface area contributed by atoms with E-state index in [2.05, 4.69) is 29.0 Å². The Bertz CT molecular complexity index is 737. The molecule has 0 unspecified atom stereocenters. The van der Waals surface area contributed by atoms with E-state index in [1.54, 1.807) is 11.3 Å². The first-order valence-electron chi connectivity index (χ1n) is 6.97. The average molecular weight is 299 g/mol. The van der Waals surface area contributed by atoms with Crippen LogP contribution in [0.2, 0.25) is 0 Å². The molecule has 3 aromatic rings. The van der Waals surface area contributed by atoms with Crippen molar-refractivity contribution in [3.63, 3.8) is 0 Å². The largest absolute Gasteiger partial charge is 0.486 e. The number of nitrogens with two attached hydrogens (primary N) is 1. The molecule has 0 saturated heterocycles. The van der Waals surface area contributed by atoms with Crippen molar-refractivity contribution in [3.8, 4) is 5.75 Å². The fourth-order valence-electron chi connectivity index (χ4n) is 2.18. The molecule has 0 aliphatic heterocycles. The smallest absolute Gasteiger partial charge is 0.169 e. The Morgan fingerprint density at radius 2 is 1.95 bits per heavy atom. The van der Waals surface area contributed by atoms with Crippen LogP contribution in [0, 0.1) is 0 Å². The molecule has 0 bridgehead atoms. The van der Waals surface area contributed by atoms with E-state index in [4.69, 9.17) is 10.5 Å². The van der Waals surface area contributed by atoms with E-state index in [1.807, 2.05) is 23.6 Å². The van der Waals surface area contributed by atoms with Gasteiger partial charge < -0.3 is 10.5 Å². The lowest BCUT2D eigenvalue weighted by Crippen LogP contribution is -2.04. The summed E-state index contributed by atoms with van der Waals surface area (Å²) in [5.74, 6) is 1.95. The second-order valence-corrected chi connectivity index (χ2v) is 5.74. The second kappa shape index (κ2) is 6.10. The summed E-state index contributed by atoms with van der Waals surface area (Å²) in [7, 11) is 0. The normalized spacial score (nSPS) is 10.9. The predicted octanol–water partition coefficient (Wildman–Crippen LogP) is 3.81. The van der Waals surface area contributed by atoms with Gasteiger partial charge in [0.2, 0.25) is 0 Å². The van der Waals surface area contributed by atoms with Crippen molar-refractivity contribution in [2.24, 2.45) is 0 Å². The topological polar surface area (TPSA) is 61.0 Å². The molecule has 0 fully saturated rings. The molecule has 3 rings (SSSR count). The highest BCUT2D eigenvalue weighted by atomic mass is 32.1. The van der Waals surface area contributed by atoms with Crippen LogP contribution in [-0.4, -0.2) is 9.97 Å². The van der Waals surface area contributed by atoms with Crippen LogP contribution in [0.15, 0.2) is 35.7 Å². The number of rotatable bonds is 5. The SMILES string of the molecule is CCCc1ccc(OCc2nc(N)c3ccsc3n2)cc1. The molecular weight excluding hydrogens is 282 g/mol. The number of fused-ring (bicyclic) bond motifs is 1. The lowest BCUT2D eigenvalue weighted by molar-refractivity contribution is 0.296. The highest BCUT2D eigenvalue weighted by Crippen LogP contribution is 2.23. The zero-order valence-corrected chi connectivity index (χ0v) is 12.7. The summed E-state index contributed by atoms with van der Waals surface area (Å²) in [5, 5.41) is 2.87. The highest BCUT2D eigenvalue weighted by molar-refractivity contribution is 7.16. The van der Waals surface area contributed by atoms with Crippen molar-refractivity contribution in [2.75, 3.05) is 5.73 Å². The van der Waals surface area contributed by atoms with Crippen LogP contribution >= 0.6 is 11.3 Å². The Labute approximate surface area is 127 Å². The van der Waals surface area contributed by atoms with Crippen LogP contribution in [0.1, 0.15) is 24.7 Å². The predicted molar refractivity (Wildman–Crippen MR) is 86.6 cm³/mol. The number of benzene rings is 1. The van der Waals surface area contributed by atoms with Crippen molar-refractivity contribution in [1.82, 2.24) is 9.97 Å². The minimum Gasteiger partial charge on any atom is -0.486 e. The number of aromatic nitrogens is 2. The van der Waals surface area contributed by atoms with Crippen LogP contribution in [0.5, 0.6) is 5.75 Å². The van der Waals surface area contributed by atoms with Gasteiger partial charge in [0.1, 0.15) is 23.0 Å². The third kappa shape index (κ3) is 3.13. The fraction of sp³-hybridized carbons (Fsp3) is 0.250. The summed E-state index contributed by atoms with van der Waals surface area (Å²) in [6, 6.07) is 10.1. The number of thiophene rings is 1. The number of hydrogen-bond donors (Lipinski definition) is 1. The molecule has 0 amide bonds. The van der Waals surface area contributed by atoms with Gasteiger partial charge in [-0.25, -0.2) is 9.97 Å². The van der Waals surface area contributed by atoms with Crippen LogP contribution in [0.3, 0.4) is 0 Å². The number of nitrogen functional groups attached to an aromatic ring is 1. The van der Waals surface area contributed by atoms with Gasteiger partial charge in [0.25, 0.3) is 0 Å². The van der Waals surface area contributed by atoms with Crippen molar-refractivity contribution in [3.05, 3.63) is 47.1 Å². The number of aryl methyl sites for hydroxylation is 1. The summed E-state index contributed by atoms with van der Waals surface area (Å²) in [5.41, 5.74) is 7.25. The third-order valence-electron chi connectivity index (χ3n) is 3.23.